The number of hydrogen-bond donors (Lipinski definition) is 1. The van der Waals surface area contributed by atoms with Gasteiger partial charge in [0.1, 0.15) is 29.6 Å². The molecule has 25 heavy (non-hydrogen) atoms. The summed E-state index contributed by atoms with van der Waals surface area (Å²) < 4.78 is 37.2. The fourth-order valence-electron chi connectivity index (χ4n) is 2.29. The predicted octanol–water partition coefficient (Wildman–Crippen LogP) is 3.21. The van der Waals surface area contributed by atoms with Crippen LogP contribution in [0.4, 0.5) is 8.78 Å². The number of furan rings is 1. The highest BCUT2D eigenvalue weighted by molar-refractivity contribution is 7.80. The molecule has 1 aliphatic rings. The molecule has 8 heteroatoms. The van der Waals surface area contributed by atoms with Crippen molar-refractivity contribution in [3.05, 3.63) is 59.2 Å². The summed E-state index contributed by atoms with van der Waals surface area (Å²) >= 11 is 5.07. The van der Waals surface area contributed by atoms with Crippen LogP contribution in [0.3, 0.4) is 0 Å². The lowest BCUT2D eigenvalue weighted by Gasteiger charge is -2.08. The normalized spacial score (nSPS) is 15.8. The Balaban J connectivity index is 1.68. The summed E-state index contributed by atoms with van der Waals surface area (Å²) in [5, 5.41) is 3.17. The number of amides is 1. The minimum Gasteiger partial charge on any atom is -0.483 e. The Kier molecular flexibility index (Phi) is 4.80. The minimum atomic E-state index is -0.789. The standard InChI is InChI=1S/C17H14F2N2O3S/c1-2-21-16(22)14(20-17(21)25)8-11-4-5-12(24-11)9-23-15-6-3-10(18)7-13(15)19/h3-8H,2,9H2,1H3,(H,20,25)/b14-8+. The first-order valence-electron chi connectivity index (χ1n) is 7.49. The van der Waals surface area contributed by atoms with E-state index in [2.05, 4.69) is 5.32 Å². The van der Waals surface area contributed by atoms with E-state index in [1.165, 1.54) is 17.0 Å². The van der Waals surface area contributed by atoms with Gasteiger partial charge in [0.2, 0.25) is 0 Å². The molecule has 0 atom stereocenters. The highest BCUT2D eigenvalue weighted by Crippen LogP contribution is 2.21. The van der Waals surface area contributed by atoms with Gasteiger partial charge in [-0.25, -0.2) is 8.78 Å². The molecule has 0 radical (unpaired) electrons. The van der Waals surface area contributed by atoms with Crippen LogP contribution in [0.2, 0.25) is 0 Å². The average Bonchev–Trinajstić information content (AvgIpc) is 3.11. The second-order valence-electron chi connectivity index (χ2n) is 5.21. The van der Waals surface area contributed by atoms with Crippen LogP contribution in [0.1, 0.15) is 18.4 Å². The summed E-state index contributed by atoms with van der Waals surface area (Å²) in [6.45, 7) is 2.26. The van der Waals surface area contributed by atoms with Crippen LogP contribution < -0.4 is 10.1 Å². The van der Waals surface area contributed by atoms with Gasteiger partial charge in [0.25, 0.3) is 5.91 Å². The van der Waals surface area contributed by atoms with E-state index in [1.54, 1.807) is 12.1 Å². The van der Waals surface area contributed by atoms with Gasteiger partial charge >= 0.3 is 0 Å². The summed E-state index contributed by atoms with van der Waals surface area (Å²) in [6.07, 6.45) is 1.53. The van der Waals surface area contributed by atoms with E-state index in [1.807, 2.05) is 6.92 Å². The van der Waals surface area contributed by atoms with E-state index in [4.69, 9.17) is 21.4 Å². The van der Waals surface area contributed by atoms with Crippen molar-refractivity contribution >= 4 is 29.3 Å². The number of carbonyl (C=O) groups is 1. The zero-order chi connectivity index (χ0) is 18.0. The molecule has 130 valence electrons. The third-order valence-electron chi connectivity index (χ3n) is 3.51. The van der Waals surface area contributed by atoms with Crippen LogP contribution in [-0.2, 0) is 11.4 Å². The Morgan fingerprint density at radius 3 is 2.80 bits per heavy atom. The molecule has 1 saturated heterocycles. The van der Waals surface area contributed by atoms with Gasteiger partial charge in [-0.3, -0.25) is 9.69 Å². The summed E-state index contributed by atoms with van der Waals surface area (Å²) in [5.41, 5.74) is 0.318. The van der Waals surface area contributed by atoms with Crippen molar-refractivity contribution in [1.82, 2.24) is 10.2 Å². The van der Waals surface area contributed by atoms with Gasteiger partial charge < -0.3 is 14.5 Å². The molecule has 1 amide bonds. The summed E-state index contributed by atoms with van der Waals surface area (Å²) in [6, 6.07) is 6.35. The Morgan fingerprint density at radius 1 is 1.32 bits per heavy atom. The van der Waals surface area contributed by atoms with Gasteiger partial charge in [-0.1, -0.05) is 0 Å². The molecule has 2 heterocycles. The molecule has 2 aromatic rings. The van der Waals surface area contributed by atoms with E-state index in [-0.39, 0.29) is 18.3 Å². The van der Waals surface area contributed by atoms with E-state index in [9.17, 15) is 13.6 Å². The number of likely N-dealkylation sites (N-methyl/N-ethyl adjacent to an activating group) is 1. The number of benzene rings is 1. The van der Waals surface area contributed by atoms with Crippen molar-refractivity contribution in [2.45, 2.75) is 13.5 Å². The number of hydrogen-bond acceptors (Lipinski definition) is 4. The number of nitrogens with one attached hydrogen (secondary N) is 1. The van der Waals surface area contributed by atoms with E-state index in [0.29, 0.717) is 28.9 Å². The lowest BCUT2D eigenvalue weighted by Crippen LogP contribution is -2.30. The minimum absolute atomic E-state index is 0.0351. The molecule has 1 N–H and O–H groups in total. The van der Waals surface area contributed by atoms with E-state index >= 15 is 0 Å². The zero-order valence-electron chi connectivity index (χ0n) is 13.2. The van der Waals surface area contributed by atoms with Gasteiger partial charge in [-0.05, 0) is 43.4 Å². The first-order chi connectivity index (χ1) is 12.0. The molecule has 0 bridgehead atoms. The zero-order valence-corrected chi connectivity index (χ0v) is 14.0. The molecular weight excluding hydrogens is 350 g/mol. The Hall–Kier alpha value is -2.74. The monoisotopic (exact) mass is 364 g/mol. The average molecular weight is 364 g/mol. The number of rotatable bonds is 5. The molecule has 1 aromatic carbocycles. The summed E-state index contributed by atoms with van der Waals surface area (Å²) in [7, 11) is 0. The second-order valence-corrected chi connectivity index (χ2v) is 5.59. The number of ether oxygens (including phenoxy) is 1. The van der Waals surface area contributed by atoms with Gasteiger partial charge in [-0.15, -0.1) is 0 Å². The van der Waals surface area contributed by atoms with E-state index in [0.717, 1.165) is 12.1 Å². The third-order valence-corrected chi connectivity index (χ3v) is 3.83. The largest absolute Gasteiger partial charge is 0.483 e. The summed E-state index contributed by atoms with van der Waals surface area (Å²) in [4.78, 5) is 13.5. The molecule has 0 aliphatic carbocycles. The van der Waals surface area contributed by atoms with Crippen molar-refractivity contribution in [1.29, 1.82) is 0 Å². The SMILES string of the molecule is CCN1C(=O)/C(=C\c2ccc(COc3ccc(F)cc3F)o2)NC1=S. The molecule has 1 aliphatic heterocycles. The number of nitrogens with zero attached hydrogens (tertiary/aromatic N) is 1. The van der Waals surface area contributed by atoms with Gasteiger partial charge in [0.15, 0.2) is 16.7 Å². The van der Waals surface area contributed by atoms with Gasteiger partial charge in [0, 0.05) is 18.7 Å². The van der Waals surface area contributed by atoms with Crippen LogP contribution >= 0.6 is 12.2 Å². The van der Waals surface area contributed by atoms with Crippen molar-refractivity contribution < 1.29 is 22.7 Å². The molecule has 1 fully saturated rings. The topological polar surface area (TPSA) is 54.7 Å². The molecule has 0 spiro atoms. The second kappa shape index (κ2) is 7.02. The predicted molar refractivity (Wildman–Crippen MR) is 90.5 cm³/mol. The highest BCUT2D eigenvalue weighted by atomic mass is 32.1. The lowest BCUT2D eigenvalue weighted by molar-refractivity contribution is -0.122. The van der Waals surface area contributed by atoms with Crippen molar-refractivity contribution in [2.75, 3.05) is 6.54 Å². The quantitative estimate of drug-likeness (QED) is 0.652. The fraction of sp³-hybridized carbons (Fsp3) is 0.176. The molecule has 1 aromatic heterocycles. The Bertz CT molecular complexity index is 863. The molecular formula is C17H14F2N2O3S. The number of halogens is 2. The van der Waals surface area contributed by atoms with Crippen LogP contribution in [-0.4, -0.2) is 22.5 Å². The first-order valence-corrected chi connectivity index (χ1v) is 7.90. The lowest BCUT2D eigenvalue weighted by atomic mass is 10.3. The highest BCUT2D eigenvalue weighted by Gasteiger charge is 2.29. The molecule has 3 rings (SSSR count). The van der Waals surface area contributed by atoms with E-state index < -0.39 is 11.6 Å². The maximum Gasteiger partial charge on any atom is 0.276 e. The van der Waals surface area contributed by atoms with Crippen LogP contribution in [0.25, 0.3) is 6.08 Å². The van der Waals surface area contributed by atoms with Crippen molar-refractivity contribution in [3.8, 4) is 5.75 Å². The van der Waals surface area contributed by atoms with Crippen molar-refractivity contribution in [3.63, 3.8) is 0 Å². The fourth-order valence-corrected chi connectivity index (χ4v) is 2.61. The van der Waals surface area contributed by atoms with Crippen molar-refractivity contribution in [2.24, 2.45) is 0 Å². The van der Waals surface area contributed by atoms with Gasteiger partial charge in [-0.2, -0.15) is 0 Å². The molecule has 0 saturated carbocycles. The third kappa shape index (κ3) is 3.69. The smallest absolute Gasteiger partial charge is 0.276 e. The Labute approximate surface area is 147 Å². The van der Waals surface area contributed by atoms with Crippen LogP contribution in [0, 0.1) is 11.6 Å². The molecule has 0 unspecified atom stereocenters. The summed E-state index contributed by atoms with van der Waals surface area (Å²) in [5.74, 6) is -0.914. The van der Waals surface area contributed by atoms with Gasteiger partial charge in [0.05, 0.1) is 0 Å². The maximum absolute atomic E-state index is 13.5. The molecule has 5 nitrogen and oxygen atoms in total. The number of carbonyl (C=O) groups excluding carboxylic acids is 1. The Morgan fingerprint density at radius 2 is 2.12 bits per heavy atom. The first kappa shape index (κ1) is 17.1. The van der Waals surface area contributed by atoms with Crippen LogP contribution in [0.5, 0.6) is 5.75 Å². The van der Waals surface area contributed by atoms with Crippen LogP contribution in [0.15, 0.2) is 40.4 Å². The maximum atomic E-state index is 13.5. The number of thiocarbonyl (C=S) groups is 1.